The Morgan fingerprint density at radius 2 is 2.00 bits per heavy atom. The van der Waals surface area contributed by atoms with E-state index in [1.54, 1.807) is 12.3 Å². The minimum atomic E-state index is 0.144. The van der Waals surface area contributed by atoms with E-state index < -0.39 is 0 Å². The van der Waals surface area contributed by atoms with E-state index in [9.17, 15) is 5.11 Å². The van der Waals surface area contributed by atoms with Crippen LogP contribution in [0.3, 0.4) is 0 Å². The number of anilines is 1. The summed E-state index contributed by atoms with van der Waals surface area (Å²) in [5, 5.41) is 12.7. The zero-order valence-electron chi connectivity index (χ0n) is 8.52. The van der Waals surface area contributed by atoms with Crippen molar-refractivity contribution in [1.29, 1.82) is 0 Å². The molecule has 0 radical (unpaired) electrons. The molecule has 1 aromatic heterocycles. The summed E-state index contributed by atoms with van der Waals surface area (Å²) >= 11 is 3.24. The number of hydrogen-bond donors (Lipinski definition) is 2. The normalized spacial score (nSPS) is 10.1. The maximum Gasteiger partial charge on any atom is 0.168 e. The monoisotopic (exact) mass is 278 g/mol. The Hall–Kier alpha value is -1.55. The lowest BCUT2D eigenvalue weighted by Gasteiger charge is -2.07. The van der Waals surface area contributed by atoms with Crippen molar-refractivity contribution in [2.75, 3.05) is 5.32 Å². The summed E-state index contributed by atoms with van der Waals surface area (Å²) in [7, 11) is 0. The van der Waals surface area contributed by atoms with Gasteiger partial charge in [-0.15, -0.1) is 0 Å². The molecule has 0 bridgehead atoms. The van der Waals surface area contributed by atoms with Crippen molar-refractivity contribution in [2.24, 2.45) is 0 Å². The molecule has 0 aliphatic carbocycles. The summed E-state index contributed by atoms with van der Waals surface area (Å²) in [6.07, 6.45) is 1.65. The molecule has 0 aliphatic heterocycles. The van der Waals surface area contributed by atoms with E-state index in [1.165, 1.54) is 0 Å². The van der Waals surface area contributed by atoms with E-state index >= 15 is 0 Å². The number of aromatic hydroxyl groups is 1. The second-order valence-electron chi connectivity index (χ2n) is 3.36. The smallest absolute Gasteiger partial charge is 0.168 e. The first kappa shape index (κ1) is 11.0. The number of aromatic nitrogens is 1. The molecule has 2 N–H and O–H groups in total. The Balaban J connectivity index is 2.05. The van der Waals surface area contributed by atoms with Crippen LogP contribution in [0.25, 0.3) is 0 Å². The zero-order valence-corrected chi connectivity index (χ0v) is 10.1. The summed E-state index contributed by atoms with van der Waals surface area (Å²) in [6, 6.07) is 11.6. The Kier molecular flexibility index (Phi) is 3.41. The summed E-state index contributed by atoms with van der Waals surface area (Å²) in [6.45, 7) is 0.642. The molecular formula is C12H11BrN2O. The highest BCUT2D eigenvalue weighted by Gasteiger charge is 2.02. The van der Waals surface area contributed by atoms with Crippen molar-refractivity contribution >= 4 is 21.7 Å². The summed E-state index contributed by atoms with van der Waals surface area (Å²) < 4.78 is 0.760. The first-order valence-electron chi connectivity index (χ1n) is 4.88. The molecule has 0 amide bonds. The van der Waals surface area contributed by atoms with Gasteiger partial charge >= 0.3 is 0 Å². The molecule has 3 nitrogen and oxygen atoms in total. The maximum atomic E-state index is 9.61. The Labute approximate surface area is 102 Å². The first-order chi connectivity index (χ1) is 7.75. The Morgan fingerprint density at radius 1 is 1.25 bits per heavy atom. The summed E-state index contributed by atoms with van der Waals surface area (Å²) in [4.78, 5) is 4.08. The SMILES string of the molecule is Oc1cc(Br)cnc1NCc1ccccc1. The van der Waals surface area contributed by atoms with Crippen molar-refractivity contribution in [2.45, 2.75) is 6.54 Å². The minimum absolute atomic E-state index is 0.144. The molecule has 16 heavy (non-hydrogen) atoms. The predicted octanol–water partition coefficient (Wildman–Crippen LogP) is 3.16. The van der Waals surface area contributed by atoms with Gasteiger partial charge in [0, 0.05) is 17.2 Å². The van der Waals surface area contributed by atoms with Crippen molar-refractivity contribution in [1.82, 2.24) is 4.98 Å². The fraction of sp³-hybridized carbons (Fsp3) is 0.0833. The molecule has 0 unspecified atom stereocenters. The summed E-state index contributed by atoms with van der Waals surface area (Å²) in [5.74, 6) is 0.636. The van der Waals surface area contributed by atoms with Gasteiger partial charge in [-0.3, -0.25) is 0 Å². The molecule has 2 rings (SSSR count). The molecule has 0 spiro atoms. The molecule has 1 heterocycles. The quantitative estimate of drug-likeness (QED) is 0.907. The van der Waals surface area contributed by atoms with Crippen LogP contribution >= 0.6 is 15.9 Å². The van der Waals surface area contributed by atoms with Gasteiger partial charge in [-0.1, -0.05) is 30.3 Å². The third kappa shape index (κ3) is 2.73. The number of pyridine rings is 1. The lowest BCUT2D eigenvalue weighted by molar-refractivity contribution is 0.474. The molecule has 1 aromatic carbocycles. The number of halogens is 1. The average Bonchev–Trinajstić information content (AvgIpc) is 2.29. The molecule has 82 valence electrons. The lowest BCUT2D eigenvalue weighted by Crippen LogP contribution is -2.01. The van der Waals surface area contributed by atoms with Crippen molar-refractivity contribution < 1.29 is 5.11 Å². The fourth-order valence-electron chi connectivity index (χ4n) is 1.35. The fourth-order valence-corrected chi connectivity index (χ4v) is 1.67. The minimum Gasteiger partial charge on any atom is -0.504 e. The van der Waals surface area contributed by atoms with Crippen LogP contribution in [-0.4, -0.2) is 10.1 Å². The number of benzene rings is 1. The topological polar surface area (TPSA) is 45.2 Å². The van der Waals surface area contributed by atoms with Gasteiger partial charge in [0.15, 0.2) is 11.6 Å². The Morgan fingerprint density at radius 3 is 2.69 bits per heavy atom. The molecule has 0 atom stereocenters. The average molecular weight is 279 g/mol. The van der Waals surface area contributed by atoms with Crippen LogP contribution in [0.4, 0.5) is 5.82 Å². The maximum absolute atomic E-state index is 9.61. The van der Waals surface area contributed by atoms with Crippen molar-refractivity contribution in [3.8, 4) is 5.75 Å². The second kappa shape index (κ2) is 4.99. The van der Waals surface area contributed by atoms with E-state index in [2.05, 4.69) is 26.2 Å². The molecule has 0 aliphatic rings. The van der Waals surface area contributed by atoms with E-state index in [1.807, 2.05) is 30.3 Å². The highest BCUT2D eigenvalue weighted by atomic mass is 79.9. The molecule has 0 saturated carbocycles. The molecule has 4 heteroatoms. The lowest BCUT2D eigenvalue weighted by atomic mass is 10.2. The van der Waals surface area contributed by atoms with Crippen LogP contribution in [0.1, 0.15) is 5.56 Å². The van der Waals surface area contributed by atoms with Crippen LogP contribution < -0.4 is 5.32 Å². The van der Waals surface area contributed by atoms with Gasteiger partial charge < -0.3 is 10.4 Å². The number of nitrogens with one attached hydrogen (secondary N) is 1. The second-order valence-corrected chi connectivity index (χ2v) is 4.28. The van der Waals surface area contributed by atoms with Crippen LogP contribution in [-0.2, 0) is 6.54 Å². The van der Waals surface area contributed by atoms with Crippen LogP contribution in [0, 0.1) is 0 Å². The van der Waals surface area contributed by atoms with Crippen LogP contribution in [0.2, 0.25) is 0 Å². The van der Waals surface area contributed by atoms with Gasteiger partial charge in [0.25, 0.3) is 0 Å². The molecule has 0 fully saturated rings. The van der Waals surface area contributed by atoms with Gasteiger partial charge in [0.2, 0.25) is 0 Å². The molecule has 2 aromatic rings. The highest BCUT2D eigenvalue weighted by Crippen LogP contribution is 2.24. The zero-order chi connectivity index (χ0) is 11.4. The van der Waals surface area contributed by atoms with E-state index in [4.69, 9.17) is 0 Å². The van der Waals surface area contributed by atoms with E-state index in [-0.39, 0.29) is 5.75 Å². The summed E-state index contributed by atoms with van der Waals surface area (Å²) in [5.41, 5.74) is 1.15. The number of rotatable bonds is 3. The van der Waals surface area contributed by atoms with Crippen molar-refractivity contribution in [3.05, 3.63) is 52.6 Å². The third-order valence-electron chi connectivity index (χ3n) is 2.14. The first-order valence-corrected chi connectivity index (χ1v) is 5.67. The highest BCUT2D eigenvalue weighted by molar-refractivity contribution is 9.10. The van der Waals surface area contributed by atoms with Gasteiger partial charge in [-0.2, -0.15) is 0 Å². The van der Waals surface area contributed by atoms with Crippen LogP contribution in [0.15, 0.2) is 47.1 Å². The van der Waals surface area contributed by atoms with Gasteiger partial charge in [-0.25, -0.2) is 4.98 Å². The number of nitrogens with zero attached hydrogens (tertiary/aromatic N) is 1. The molecular weight excluding hydrogens is 268 g/mol. The van der Waals surface area contributed by atoms with Crippen LogP contribution in [0.5, 0.6) is 5.75 Å². The molecule has 0 saturated heterocycles. The van der Waals surface area contributed by atoms with E-state index in [0.717, 1.165) is 10.0 Å². The third-order valence-corrected chi connectivity index (χ3v) is 2.57. The largest absolute Gasteiger partial charge is 0.504 e. The van der Waals surface area contributed by atoms with E-state index in [0.29, 0.717) is 12.4 Å². The Bertz CT molecular complexity index is 474. The predicted molar refractivity (Wildman–Crippen MR) is 67.4 cm³/mol. The van der Waals surface area contributed by atoms with Gasteiger partial charge in [0.1, 0.15) is 0 Å². The standard InChI is InChI=1S/C12H11BrN2O/c13-10-6-11(16)12(15-8-10)14-7-9-4-2-1-3-5-9/h1-6,8,16H,7H2,(H,14,15). The van der Waals surface area contributed by atoms with Crippen molar-refractivity contribution in [3.63, 3.8) is 0 Å². The van der Waals surface area contributed by atoms with Gasteiger partial charge in [-0.05, 0) is 27.6 Å². The van der Waals surface area contributed by atoms with Gasteiger partial charge in [0.05, 0.1) is 0 Å². The number of hydrogen-bond acceptors (Lipinski definition) is 3.